The standard InChI is InChI=1S/C17H28O2S2/c1-2-11-20-12-14-13(15-9-10-16(14)21-15)7-5-3-4-6-8-17(18)19/h3,5,13-16H,2,4,6-12H2,1H3,(H,18,19)/b5-3-/t13-,14+,15-,16+/m1/s1. The molecule has 4 heteroatoms. The average molecular weight is 329 g/mol. The molecule has 0 spiro atoms. The lowest BCUT2D eigenvalue weighted by Gasteiger charge is -2.28. The largest absolute Gasteiger partial charge is 0.481 e. The predicted molar refractivity (Wildman–Crippen MR) is 94.2 cm³/mol. The molecule has 2 heterocycles. The zero-order chi connectivity index (χ0) is 15.1. The molecule has 0 aromatic carbocycles. The first-order valence-electron chi connectivity index (χ1n) is 8.32. The van der Waals surface area contributed by atoms with Gasteiger partial charge in [0.15, 0.2) is 0 Å². The number of hydrogen-bond acceptors (Lipinski definition) is 3. The number of unbranched alkanes of at least 4 members (excludes halogenated alkanes) is 1. The number of aliphatic carboxylic acids is 1. The van der Waals surface area contributed by atoms with Gasteiger partial charge in [0.05, 0.1) is 0 Å². The number of hydrogen-bond donors (Lipinski definition) is 1. The second-order valence-corrected chi connectivity index (χ2v) is 8.82. The number of thioether (sulfide) groups is 2. The van der Waals surface area contributed by atoms with E-state index in [2.05, 4.69) is 42.6 Å². The van der Waals surface area contributed by atoms with Crippen molar-refractivity contribution in [3.63, 3.8) is 0 Å². The van der Waals surface area contributed by atoms with Crippen LogP contribution in [0.15, 0.2) is 12.2 Å². The van der Waals surface area contributed by atoms with Crippen LogP contribution in [0.1, 0.15) is 51.9 Å². The van der Waals surface area contributed by atoms with Crippen molar-refractivity contribution in [2.75, 3.05) is 11.5 Å². The summed E-state index contributed by atoms with van der Waals surface area (Å²) in [6.45, 7) is 2.26. The Morgan fingerprint density at radius 1 is 1.29 bits per heavy atom. The van der Waals surface area contributed by atoms with Crippen molar-refractivity contribution in [2.45, 2.75) is 62.4 Å². The van der Waals surface area contributed by atoms with Crippen LogP contribution in [0.2, 0.25) is 0 Å². The highest BCUT2D eigenvalue weighted by Crippen LogP contribution is 2.55. The first-order valence-corrected chi connectivity index (χ1v) is 10.4. The van der Waals surface area contributed by atoms with Crippen molar-refractivity contribution in [1.82, 2.24) is 0 Å². The summed E-state index contributed by atoms with van der Waals surface area (Å²) in [5.41, 5.74) is 0. The number of allylic oxidation sites excluding steroid dienone is 2. The van der Waals surface area contributed by atoms with Crippen molar-refractivity contribution in [1.29, 1.82) is 0 Å². The van der Waals surface area contributed by atoms with Gasteiger partial charge in [-0.05, 0) is 61.9 Å². The Hall–Kier alpha value is -0.0900. The van der Waals surface area contributed by atoms with Crippen LogP contribution in [0.5, 0.6) is 0 Å². The molecule has 2 aliphatic heterocycles. The second kappa shape index (κ2) is 9.14. The molecule has 0 unspecified atom stereocenters. The lowest BCUT2D eigenvalue weighted by atomic mass is 9.78. The van der Waals surface area contributed by atoms with E-state index < -0.39 is 5.97 Å². The van der Waals surface area contributed by atoms with E-state index in [4.69, 9.17) is 5.11 Å². The number of carbonyl (C=O) groups is 1. The van der Waals surface area contributed by atoms with Crippen molar-refractivity contribution in [3.05, 3.63) is 12.2 Å². The Labute approximate surface area is 137 Å². The van der Waals surface area contributed by atoms with Crippen LogP contribution in [0.3, 0.4) is 0 Å². The molecule has 1 N–H and O–H groups in total. The molecule has 2 bridgehead atoms. The third-order valence-electron chi connectivity index (χ3n) is 4.59. The third kappa shape index (κ3) is 5.24. The highest BCUT2D eigenvalue weighted by atomic mass is 32.2. The van der Waals surface area contributed by atoms with Crippen molar-refractivity contribution >= 4 is 29.5 Å². The van der Waals surface area contributed by atoms with Gasteiger partial charge in [0.2, 0.25) is 0 Å². The number of rotatable bonds is 10. The third-order valence-corrected chi connectivity index (χ3v) is 7.77. The maximum Gasteiger partial charge on any atom is 0.303 e. The molecule has 2 aliphatic rings. The van der Waals surface area contributed by atoms with Gasteiger partial charge in [-0.1, -0.05) is 19.1 Å². The first kappa shape index (κ1) is 17.3. The monoisotopic (exact) mass is 328 g/mol. The molecule has 2 fully saturated rings. The van der Waals surface area contributed by atoms with E-state index in [9.17, 15) is 4.79 Å². The smallest absolute Gasteiger partial charge is 0.303 e. The van der Waals surface area contributed by atoms with Crippen LogP contribution in [-0.2, 0) is 4.79 Å². The normalized spacial score (nSPS) is 31.3. The molecule has 0 saturated carbocycles. The summed E-state index contributed by atoms with van der Waals surface area (Å²) >= 11 is 4.39. The van der Waals surface area contributed by atoms with Gasteiger partial charge in [0.25, 0.3) is 0 Å². The SMILES string of the molecule is CCCSC[C@H]1[C@@H](C/C=C\CCCC(=O)O)[C@H]2CC[C@@H]1S2. The summed E-state index contributed by atoms with van der Waals surface area (Å²) in [7, 11) is 0. The van der Waals surface area contributed by atoms with E-state index >= 15 is 0 Å². The minimum atomic E-state index is -0.680. The summed E-state index contributed by atoms with van der Waals surface area (Å²) < 4.78 is 0. The van der Waals surface area contributed by atoms with E-state index in [1.807, 2.05) is 0 Å². The minimum Gasteiger partial charge on any atom is -0.481 e. The minimum absolute atomic E-state index is 0.296. The molecule has 21 heavy (non-hydrogen) atoms. The lowest BCUT2D eigenvalue weighted by molar-refractivity contribution is -0.137. The Kier molecular flexibility index (Phi) is 7.51. The number of fused-ring (bicyclic) bond motifs is 2. The van der Waals surface area contributed by atoms with Crippen LogP contribution < -0.4 is 0 Å². The molecule has 2 rings (SSSR count). The van der Waals surface area contributed by atoms with Crippen molar-refractivity contribution in [2.24, 2.45) is 11.8 Å². The van der Waals surface area contributed by atoms with E-state index in [1.165, 1.54) is 37.2 Å². The summed E-state index contributed by atoms with van der Waals surface area (Å²) in [5, 5.41) is 10.4. The van der Waals surface area contributed by atoms with Gasteiger partial charge < -0.3 is 5.11 Å². The molecular formula is C17H28O2S2. The molecule has 0 aliphatic carbocycles. The molecule has 120 valence electrons. The van der Waals surface area contributed by atoms with Crippen molar-refractivity contribution in [3.8, 4) is 0 Å². The highest BCUT2D eigenvalue weighted by molar-refractivity contribution is 8.01. The summed E-state index contributed by atoms with van der Waals surface area (Å²) in [4.78, 5) is 10.5. The Morgan fingerprint density at radius 2 is 2.05 bits per heavy atom. The van der Waals surface area contributed by atoms with Crippen LogP contribution in [-0.4, -0.2) is 33.1 Å². The fourth-order valence-electron chi connectivity index (χ4n) is 3.53. The maximum absolute atomic E-state index is 10.5. The van der Waals surface area contributed by atoms with Gasteiger partial charge in [-0.2, -0.15) is 23.5 Å². The Morgan fingerprint density at radius 3 is 2.76 bits per heavy atom. The van der Waals surface area contributed by atoms with Crippen LogP contribution in [0, 0.1) is 11.8 Å². The quantitative estimate of drug-likeness (QED) is 0.460. The molecule has 0 aromatic rings. The van der Waals surface area contributed by atoms with Crippen LogP contribution in [0.25, 0.3) is 0 Å². The van der Waals surface area contributed by atoms with Gasteiger partial charge in [-0.25, -0.2) is 0 Å². The summed E-state index contributed by atoms with van der Waals surface area (Å²) in [6, 6.07) is 0. The van der Waals surface area contributed by atoms with Gasteiger partial charge in [-0.3, -0.25) is 4.79 Å². The molecular weight excluding hydrogens is 300 g/mol. The van der Waals surface area contributed by atoms with E-state index in [0.717, 1.165) is 35.2 Å². The lowest BCUT2D eigenvalue weighted by Crippen LogP contribution is -2.28. The number of carboxylic acids is 1. The average Bonchev–Trinajstić information content (AvgIpc) is 3.04. The highest BCUT2D eigenvalue weighted by Gasteiger charge is 2.47. The summed E-state index contributed by atoms with van der Waals surface area (Å²) in [6.07, 6.45) is 11.9. The molecule has 2 nitrogen and oxygen atoms in total. The Balaban J connectivity index is 1.72. The van der Waals surface area contributed by atoms with Gasteiger partial charge in [-0.15, -0.1) is 0 Å². The topological polar surface area (TPSA) is 37.3 Å². The molecule has 0 aromatic heterocycles. The van der Waals surface area contributed by atoms with Crippen LogP contribution in [0.4, 0.5) is 0 Å². The molecule has 0 amide bonds. The molecule has 4 atom stereocenters. The predicted octanol–water partition coefficient (Wildman–Crippen LogP) is 4.84. The van der Waals surface area contributed by atoms with Gasteiger partial charge in [0, 0.05) is 16.9 Å². The van der Waals surface area contributed by atoms with E-state index in [-0.39, 0.29) is 0 Å². The Bertz CT molecular complexity index is 357. The zero-order valence-corrected chi connectivity index (χ0v) is 14.6. The summed E-state index contributed by atoms with van der Waals surface area (Å²) in [5.74, 6) is 3.75. The van der Waals surface area contributed by atoms with Crippen molar-refractivity contribution < 1.29 is 9.90 Å². The van der Waals surface area contributed by atoms with Gasteiger partial charge in [0.1, 0.15) is 0 Å². The van der Waals surface area contributed by atoms with Crippen LogP contribution >= 0.6 is 23.5 Å². The fourth-order valence-corrected chi connectivity index (χ4v) is 6.87. The maximum atomic E-state index is 10.5. The second-order valence-electron chi connectivity index (χ2n) is 6.19. The zero-order valence-electron chi connectivity index (χ0n) is 13.0. The van der Waals surface area contributed by atoms with E-state index in [0.29, 0.717) is 6.42 Å². The number of carboxylic acid groups (broad SMARTS) is 1. The van der Waals surface area contributed by atoms with E-state index in [1.54, 1.807) is 0 Å². The molecule has 0 radical (unpaired) electrons. The first-order chi connectivity index (χ1) is 10.2. The van der Waals surface area contributed by atoms with Gasteiger partial charge >= 0.3 is 5.97 Å². The molecule has 2 saturated heterocycles. The fraction of sp³-hybridized carbons (Fsp3) is 0.824.